The number of nitrogens with zero attached hydrogens (tertiary/aromatic N) is 2. The largest absolute Gasteiger partial charge is 0.378 e. The Hall–Kier alpha value is -2.15. The lowest BCUT2D eigenvalue weighted by Crippen LogP contribution is -2.47. The smallest absolute Gasteiger partial charge is 0.229 e. The number of amides is 2. The van der Waals surface area contributed by atoms with Crippen LogP contribution in [0.15, 0.2) is 18.2 Å². The highest BCUT2D eigenvalue weighted by molar-refractivity contribution is 5.95. The Morgan fingerprint density at radius 3 is 2.56 bits per heavy atom. The van der Waals surface area contributed by atoms with Gasteiger partial charge in [0.05, 0.1) is 25.0 Å². The van der Waals surface area contributed by atoms with Gasteiger partial charge in [0.25, 0.3) is 0 Å². The molecule has 2 aliphatic rings. The summed E-state index contributed by atoms with van der Waals surface area (Å²) in [5.74, 6) is 0.0638. The Bertz CT molecular complexity index is 647. The van der Waals surface area contributed by atoms with Crippen molar-refractivity contribution in [2.75, 3.05) is 31.6 Å². The summed E-state index contributed by atoms with van der Waals surface area (Å²) in [4.78, 5) is 27.4. The predicted octanol–water partition coefficient (Wildman–Crippen LogP) is 1.91. The van der Waals surface area contributed by atoms with E-state index in [-0.39, 0.29) is 23.7 Å². The summed E-state index contributed by atoms with van der Waals surface area (Å²) in [7, 11) is 0. The third-order valence-corrected chi connectivity index (χ3v) is 4.88. The molecule has 1 saturated heterocycles. The number of carbonyl (C=O) groups excluding carboxylic acids is 2. The SMILES string of the molecule is CC(C)c1cc(NC(=O)C2CC=CCC2C(=O)N2CCOCC2)n[nH]1. The fourth-order valence-corrected chi connectivity index (χ4v) is 3.31. The van der Waals surface area contributed by atoms with E-state index < -0.39 is 0 Å². The number of carbonyl (C=O) groups is 2. The molecule has 2 heterocycles. The van der Waals surface area contributed by atoms with Crippen LogP contribution < -0.4 is 5.32 Å². The molecule has 7 nitrogen and oxygen atoms in total. The van der Waals surface area contributed by atoms with E-state index in [1.807, 2.05) is 23.1 Å². The molecule has 2 atom stereocenters. The third-order valence-electron chi connectivity index (χ3n) is 4.88. The topological polar surface area (TPSA) is 87.3 Å². The number of nitrogens with one attached hydrogen (secondary N) is 2. The first-order valence-corrected chi connectivity index (χ1v) is 8.94. The summed E-state index contributed by atoms with van der Waals surface area (Å²) in [5, 5.41) is 9.94. The molecule has 1 aromatic heterocycles. The van der Waals surface area contributed by atoms with Crippen molar-refractivity contribution in [3.05, 3.63) is 23.9 Å². The van der Waals surface area contributed by atoms with E-state index >= 15 is 0 Å². The molecule has 1 aliphatic heterocycles. The van der Waals surface area contributed by atoms with E-state index in [4.69, 9.17) is 4.74 Å². The van der Waals surface area contributed by atoms with Gasteiger partial charge in [0.2, 0.25) is 11.8 Å². The van der Waals surface area contributed by atoms with Gasteiger partial charge in [-0.3, -0.25) is 14.7 Å². The molecule has 136 valence electrons. The molecule has 1 aliphatic carbocycles. The Balaban J connectivity index is 1.68. The number of anilines is 1. The summed E-state index contributed by atoms with van der Waals surface area (Å²) in [6, 6.07) is 1.85. The summed E-state index contributed by atoms with van der Waals surface area (Å²) < 4.78 is 5.31. The Morgan fingerprint density at radius 2 is 1.92 bits per heavy atom. The van der Waals surface area contributed by atoms with Gasteiger partial charge in [-0.2, -0.15) is 5.10 Å². The van der Waals surface area contributed by atoms with Crippen molar-refractivity contribution in [1.29, 1.82) is 0 Å². The highest BCUT2D eigenvalue weighted by atomic mass is 16.5. The third kappa shape index (κ3) is 4.10. The maximum absolute atomic E-state index is 12.8. The van der Waals surface area contributed by atoms with Crippen LogP contribution in [0.2, 0.25) is 0 Å². The van der Waals surface area contributed by atoms with Crippen molar-refractivity contribution in [1.82, 2.24) is 15.1 Å². The maximum atomic E-state index is 12.8. The molecule has 0 saturated carbocycles. The monoisotopic (exact) mass is 346 g/mol. The summed E-state index contributed by atoms with van der Waals surface area (Å²) >= 11 is 0. The van der Waals surface area contributed by atoms with E-state index in [0.29, 0.717) is 50.9 Å². The molecule has 0 spiro atoms. The fraction of sp³-hybridized carbons (Fsp3) is 0.611. The number of allylic oxidation sites excluding steroid dienone is 2. The Labute approximate surface area is 147 Å². The lowest BCUT2D eigenvalue weighted by atomic mass is 9.81. The van der Waals surface area contributed by atoms with Crippen LogP contribution in [0.3, 0.4) is 0 Å². The minimum absolute atomic E-state index is 0.0534. The molecule has 1 aromatic rings. The van der Waals surface area contributed by atoms with Crippen LogP contribution in [0.25, 0.3) is 0 Å². The van der Waals surface area contributed by atoms with Gasteiger partial charge in [-0.15, -0.1) is 0 Å². The van der Waals surface area contributed by atoms with Gasteiger partial charge in [-0.1, -0.05) is 26.0 Å². The number of ether oxygens (including phenoxy) is 1. The first-order chi connectivity index (χ1) is 12.1. The van der Waals surface area contributed by atoms with Crippen LogP contribution in [-0.4, -0.2) is 53.2 Å². The highest BCUT2D eigenvalue weighted by Gasteiger charge is 2.37. The van der Waals surface area contributed by atoms with E-state index in [1.54, 1.807) is 0 Å². The molecule has 2 amide bonds. The van der Waals surface area contributed by atoms with E-state index in [1.165, 1.54) is 0 Å². The number of aromatic nitrogens is 2. The molecule has 25 heavy (non-hydrogen) atoms. The van der Waals surface area contributed by atoms with Crippen LogP contribution in [0.4, 0.5) is 5.82 Å². The second-order valence-corrected chi connectivity index (χ2v) is 6.95. The van der Waals surface area contributed by atoms with Crippen LogP contribution >= 0.6 is 0 Å². The van der Waals surface area contributed by atoms with Crippen LogP contribution in [0.1, 0.15) is 38.3 Å². The van der Waals surface area contributed by atoms with Gasteiger partial charge < -0.3 is 15.0 Å². The number of morpholine rings is 1. The average molecular weight is 346 g/mol. The number of hydrogen-bond acceptors (Lipinski definition) is 4. The zero-order valence-corrected chi connectivity index (χ0v) is 14.8. The summed E-state index contributed by atoms with van der Waals surface area (Å²) in [5.41, 5.74) is 0.972. The van der Waals surface area contributed by atoms with Gasteiger partial charge in [-0.25, -0.2) is 0 Å². The highest BCUT2D eigenvalue weighted by Crippen LogP contribution is 2.29. The molecule has 2 unspecified atom stereocenters. The Morgan fingerprint density at radius 1 is 1.24 bits per heavy atom. The predicted molar refractivity (Wildman–Crippen MR) is 94.1 cm³/mol. The van der Waals surface area contributed by atoms with E-state index in [2.05, 4.69) is 29.4 Å². The van der Waals surface area contributed by atoms with Crippen LogP contribution in [0, 0.1) is 11.8 Å². The molecular weight excluding hydrogens is 320 g/mol. The molecule has 1 fully saturated rings. The molecular formula is C18H26N4O3. The summed E-state index contributed by atoms with van der Waals surface area (Å²) in [6.07, 6.45) is 5.16. The second kappa shape index (κ2) is 7.82. The number of H-pyrrole nitrogens is 1. The first kappa shape index (κ1) is 17.7. The van der Waals surface area contributed by atoms with Crippen molar-refractivity contribution in [2.45, 2.75) is 32.6 Å². The van der Waals surface area contributed by atoms with Crippen molar-refractivity contribution in [2.24, 2.45) is 11.8 Å². The Kier molecular flexibility index (Phi) is 5.53. The lowest BCUT2D eigenvalue weighted by Gasteiger charge is -2.34. The van der Waals surface area contributed by atoms with E-state index in [9.17, 15) is 9.59 Å². The number of rotatable bonds is 4. The van der Waals surface area contributed by atoms with Crippen LogP contribution in [0.5, 0.6) is 0 Å². The first-order valence-electron chi connectivity index (χ1n) is 8.94. The van der Waals surface area contributed by atoms with Crippen molar-refractivity contribution in [3.63, 3.8) is 0 Å². The average Bonchev–Trinajstić information content (AvgIpc) is 3.10. The van der Waals surface area contributed by atoms with Crippen molar-refractivity contribution in [3.8, 4) is 0 Å². The molecule has 3 rings (SSSR count). The number of aromatic amines is 1. The minimum atomic E-state index is -0.362. The van der Waals surface area contributed by atoms with Crippen molar-refractivity contribution < 1.29 is 14.3 Å². The zero-order valence-electron chi connectivity index (χ0n) is 14.8. The second-order valence-electron chi connectivity index (χ2n) is 6.95. The molecule has 7 heteroatoms. The van der Waals surface area contributed by atoms with E-state index in [0.717, 1.165) is 5.69 Å². The lowest BCUT2D eigenvalue weighted by molar-refractivity contribution is -0.144. The van der Waals surface area contributed by atoms with Crippen LogP contribution in [-0.2, 0) is 14.3 Å². The molecule has 2 N–H and O–H groups in total. The number of hydrogen-bond donors (Lipinski definition) is 2. The quantitative estimate of drug-likeness (QED) is 0.815. The van der Waals surface area contributed by atoms with Gasteiger partial charge in [-0.05, 0) is 18.8 Å². The zero-order chi connectivity index (χ0) is 17.8. The molecule has 0 aromatic carbocycles. The normalized spacial score (nSPS) is 23.7. The molecule has 0 radical (unpaired) electrons. The van der Waals surface area contributed by atoms with Gasteiger partial charge >= 0.3 is 0 Å². The standard InChI is InChI=1S/C18H26N4O3/c1-12(2)15-11-16(21-20-15)19-17(23)13-5-3-4-6-14(13)18(24)22-7-9-25-10-8-22/h3-4,11-14H,5-10H2,1-2H3,(H2,19,20,21,23). The molecule has 0 bridgehead atoms. The van der Waals surface area contributed by atoms with Crippen molar-refractivity contribution >= 4 is 17.6 Å². The van der Waals surface area contributed by atoms with Gasteiger partial charge in [0.15, 0.2) is 5.82 Å². The minimum Gasteiger partial charge on any atom is -0.378 e. The summed E-state index contributed by atoms with van der Waals surface area (Å²) in [6.45, 7) is 6.45. The fourth-order valence-electron chi connectivity index (χ4n) is 3.31. The van der Waals surface area contributed by atoms with Gasteiger partial charge in [0.1, 0.15) is 0 Å². The maximum Gasteiger partial charge on any atom is 0.229 e. The van der Waals surface area contributed by atoms with Gasteiger partial charge in [0, 0.05) is 24.8 Å².